The van der Waals surface area contributed by atoms with Crippen LogP contribution >= 0.6 is 11.3 Å². The number of nitrogens with zero attached hydrogens (tertiary/aromatic N) is 1. The molecule has 168 valence electrons. The van der Waals surface area contributed by atoms with Crippen LogP contribution in [-0.4, -0.2) is 36.0 Å². The molecule has 4 rings (SSSR count). The van der Waals surface area contributed by atoms with Crippen molar-refractivity contribution in [3.05, 3.63) is 35.0 Å². The zero-order chi connectivity index (χ0) is 22.4. The molecular formula is C22H28N2O5S2. The first kappa shape index (κ1) is 22.2. The van der Waals surface area contributed by atoms with Crippen LogP contribution in [0.1, 0.15) is 68.9 Å². The highest BCUT2D eigenvalue weighted by Crippen LogP contribution is 2.43. The van der Waals surface area contributed by atoms with E-state index in [0.717, 1.165) is 35.6 Å². The standard InChI is InChI=1S/C22H28N2O5S2/c1-22(2,26)14-5-10-17(19(11-14)31(27,28)16-8-9-16)18-12-24-20(30-18)13-3-6-15(7-4-13)29-21(23)25/h5,10-13,15-16,26H,3-4,6-9H2,1-2H3,(H2,23,25). The normalized spacial score (nSPS) is 22.3. The molecule has 0 aliphatic heterocycles. The number of carbonyl (C=O) groups excluding carboxylic acids is 1. The molecule has 2 aliphatic rings. The van der Waals surface area contributed by atoms with Crippen LogP contribution in [0.2, 0.25) is 0 Å². The van der Waals surface area contributed by atoms with E-state index in [0.29, 0.717) is 24.0 Å². The van der Waals surface area contributed by atoms with Gasteiger partial charge in [0.05, 0.1) is 25.6 Å². The van der Waals surface area contributed by atoms with Gasteiger partial charge in [0.2, 0.25) is 0 Å². The van der Waals surface area contributed by atoms with Crippen LogP contribution < -0.4 is 5.73 Å². The quantitative estimate of drug-likeness (QED) is 0.664. The van der Waals surface area contributed by atoms with Crippen molar-refractivity contribution in [2.75, 3.05) is 0 Å². The fraction of sp³-hybridized carbons (Fsp3) is 0.545. The summed E-state index contributed by atoms with van der Waals surface area (Å²) < 4.78 is 31.4. The van der Waals surface area contributed by atoms with Gasteiger partial charge in [-0.3, -0.25) is 0 Å². The van der Waals surface area contributed by atoms with E-state index in [-0.39, 0.29) is 22.2 Å². The van der Waals surface area contributed by atoms with Gasteiger partial charge in [0, 0.05) is 17.7 Å². The Kier molecular flexibility index (Phi) is 5.87. The Morgan fingerprint density at radius 3 is 2.45 bits per heavy atom. The van der Waals surface area contributed by atoms with Crippen molar-refractivity contribution < 1.29 is 23.1 Å². The second-order valence-corrected chi connectivity index (χ2v) is 12.2. The molecule has 3 N–H and O–H groups in total. The summed E-state index contributed by atoms with van der Waals surface area (Å²) in [7, 11) is -3.45. The minimum atomic E-state index is -3.45. The molecule has 9 heteroatoms. The van der Waals surface area contributed by atoms with Crippen LogP contribution in [0.25, 0.3) is 10.4 Å². The van der Waals surface area contributed by atoms with E-state index in [9.17, 15) is 18.3 Å². The number of amides is 1. The molecule has 0 bridgehead atoms. The number of carbonyl (C=O) groups is 1. The van der Waals surface area contributed by atoms with E-state index in [1.807, 2.05) is 0 Å². The maximum atomic E-state index is 13.2. The summed E-state index contributed by atoms with van der Waals surface area (Å²) in [6, 6.07) is 5.19. The zero-order valence-corrected chi connectivity index (χ0v) is 19.3. The molecule has 1 amide bonds. The molecule has 1 aromatic carbocycles. The van der Waals surface area contributed by atoms with Crippen molar-refractivity contribution in [3.63, 3.8) is 0 Å². The third-order valence-electron chi connectivity index (χ3n) is 6.05. The first-order valence-electron chi connectivity index (χ1n) is 10.6. The number of ether oxygens (including phenoxy) is 1. The lowest BCUT2D eigenvalue weighted by atomic mass is 9.88. The molecule has 2 saturated carbocycles. The highest BCUT2D eigenvalue weighted by atomic mass is 32.2. The van der Waals surface area contributed by atoms with E-state index >= 15 is 0 Å². The average molecular weight is 465 g/mol. The number of hydrogen-bond donors (Lipinski definition) is 2. The number of benzene rings is 1. The second kappa shape index (κ2) is 8.18. The summed E-state index contributed by atoms with van der Waals surface area (Å²) in [5, 5.41) is 11.0. The predicted octanol–water partition coefficient (Wildman–Crippen LogP) is 4.10. The van der Waals surface area contributed by atoms with Crippen LogP contribution in [0.15, 0.2) is 29.3 Å². The lowest BCUT2D eigenvalue weighted by molar-refractivity contribution is 0.0779. The molecule has 0 saturated heterocycles. The summed E-state index contributed by atoms with van der Waals surface area (Å²) in [6.45, 7) is 3.30. The summed E-state index contributed by atoms with van der Waals surface area (Å²) >= 11 is 1.51. The Bertz CT molecular complexity index is 1080. The number of primary amides is 1. The third-order valence-corrected chi connectivity index (χ3v) is 9.55. The van der Waals surface area contributed by atoms with Crippen LogP contribution in [0.5, 0.6) is 0 Å². The van der Waals surface area contributed by atoms with Crippen molar-refractivity contribution in [3.8, 4) is 10.4 Å². The van der Waals surface area contributed by atoms with Gasteiger partial charge in [0.25, 0.3) is 0 Å². The number of rotatable bonds is 6. The van der Waals surface area contributed by atoms with E-state index in [1.54, 1.807) is 38.2 Å². The molecule has 7 nitrogen and oxygen atoms in total. The molecule has 2 aliphatic carbocycles. The largest absolute Gasteiger partial charge is 0.446 e. The fourth-order valence-corrected chi connectivity index (χ4v) is 7.18. The van der Waals surface area contributed by atoms with Crippen molar-refractivity contribution in [1.29, 1.82) is 0 Å². The fourth-order valence-electron chi connectivity index (χ4n) is 4.09. The molecule has 1 heterocycles. The van der Waals surface area contributed by atoms with Gasteiger partial charge in [-0.1, -0.05) is 12.1 Å². The van der Waals surface area contributed by atoms with Crippen molar-refractivity contribution in [2.45, 2.75) is 80.1 Å². The van der Waals surface area contributed by atoms with Gasteiger partial charge < -0.3 is 15.6 Å². The first-order valence-corrected chi connectivity index (χ1v) is 12.9. The summed E-state index contributed by atoms with van der Waals surface area (Å²) in [6.07, 6.45) is 5.39. The van der Waals surface area contributed by atoms with Gasteiger partial charge in [0.15, 0.2) is 9.84 Å². The molecule has 0 atom stereocenters. The van der Waals surface area contributed by atoms with E-state index in [4.69, 9.17) is 10.5 Å². The number of aromatic nitrogens is 1. The van der Waals surface area contributed by atoms with Crippen molar-refractivity contribution >= 4 is 27.3 Å². The van der Waals surface area contributed by atoms with Gasteiger partial charge in [-0.05, 0) is 64.0 Å². The Morgan fingerprint density at radius 2 is 1.87 bits per heavy atom. The zero-order valence-electron chi connectivity index (χ0n) is 17.7. The molecule has 31 heavy (non-hydrogen) atoms. The maximum Gasteiger partial charge on any atom is 0.404 e. The summed E-state index contributed by atoms with van der Waals surface area (Å²) in [5.74, 6) is 0.255. The Balaban J connectivity index is 1.62. The molecular weight excluding hydrogens is 436 g/mol. The number of hydrogen-bond acceptors (Lipinski definition) is 7. The number of nitrogens with two attached hydrogens (primary N) is 1. The van der Waals surface area contributed by atoms with Crippen LogP contribution in [0.3, 0.4) is 0 Å². The van der Waals surface area contributed by atoms with Gasteiger partial charge in [-0.2, -0.15) is 0 Å². The monoisotopic (exact) mass is 464 g/mol. The van der Waals surface area contributed by atoms with Crippen molar-refractivity contribution in [1.82, 2.24) is 4.98 Å². The summed E-state index contributed by atoms with van der Waals surface area (Å²) in [5.41, 5.74) is 5.21. The minimum Gasteiger partial charge on any atom is -0.446 e. The Labute approximate surface area is 186 Å². The number of sulfone groups is 1. The van der Waals surface area contributed by atoms with E-state index in [1.165, 1.54) is 11.3 Å². The van der Waals surface area contributed by atoms with Gasteiger partial charge in [-0.15, -0.1) is 11.3 Å². The Hall–Kier alpha value is -1.97. The topological polar surface area (TPSA) is 120 Å². The van der Waals surface area contributed by atoms with Gasteiger partial charge >= 0.3 is 6.09 Å². The molecule has 2 fully saturated rings. The highest BCUT2D eigenvalue weighted by Gasteiger charge is 2.39. The Morgan fingerprint density at radius 1 is 1.19 bits per heavy atom. The molecule has 0 unspecified atom stereocenters. The predicted molar refractivity (Wildman–Crippen MR) is 119 cm³/mol. The van der Waals surface area contributed by atoms with Crippen LogP contribution in [0, 0.1) is 0 Å². The second-order valence-electron chi connectivity index (χ2n) is 8.99. The SMILES string of the molecule is CC(C)(O)c1ccc(-c2cnc(C3CCC(OC(N)=O)CC3)s2)c(S(=O)(=O)C2CC2)c1. The van der Waals surface area contributed by atoms with E-state index < -0.39 is 21.5 Å². The minimum absolute atomic E-state index is 0.141. The smallest absolute Gasteiger partial charge is 0.404 e. The van der Waals surface area contributed by atoms with Crippen LogP contribution in [-0.2, 0) is 20.2 Å². The number of thiazole rings is 1. The maximum absolute atomic E-state index is 13.2. The van der Waals surface area contributed by atoms with Crippen molar-refractivity contribution in [2.24, 2.45) is 5.73 Å². The van der Waals surface area contributed by atoms with Crippen LogP contribution in [0.4, 0.5) is 4.79 Å². The summed E-state index contributed by atoms with van der Waals surface area (Å²) in [4.78, 5) is 16.6. The lowest BCUT2D eigenvalue weighted by Crippen LogP contribution is -2.26. The molecule has 0 radical (unpaired) electrons. The molecule has 0 spiro atoms. The average Bonchev–Trinajstić information content (AvgIpc) is 3.46. The van der Waals surface area contributed by atoms with E-state index in [2.05, 4.69) is 4.98 Å². The molecule has 1 aromatic heterocycles. The highest BCUT2D eigenvalue weighted by molar-refractivity contribution is 7.92. The molecule has 2 aromatic rings. The van der Waals surface area contributed by atoms with Gasteiger partial charge in [0.1, 0.15) is 6.10 Å². The lowest BCUT2D eigenvalue weighted by Gasteiger charge is -2.26. The third kappa shape index (κ3) is 4.78. The van der Waals surface area contributed by atoms with Gasteiger partial charge in [-0.25, -0.2) is 18.2 Å². The first-order chi connectivity index (χ1) is 14.6. The number of aliphatic hydroxyl groups is 1.